The Labute approximate surface area is 93.1 Å². The summed E-state index contributed by atoms with van der Waals surface area (Å²) < 4.78 is 0. The number of aromatic hydroxyl groups is 1. The van der Waals surface area contributed by atoms with Gasteiger partial charge in [-0.25, -0.2) is 0 Å². The van der Waals surface area contributed by atoms with Crippen molar-refractivity contribution in [2.75, 3.05) is 0 Å². The number of para-hydroxylation sites is 1. The van der Waals surface area contributed by atoms with Gasteiger partial charge in [-0.2, -0.15) is 0 Å². The van der Waals surface area contributed by atoms with Crippen LogP contribution in [-0.4, -0.2) is 5.11 Å². The van der Waals surface area contributed by atoms with E-state index in [1.165, 1.54) is 0 Å². The molecule has 0 bridgehead atoms. The second-order valence-corrected chi connectivity index (χ2v) is 4.73. The Kier molecular flexibility index (Phi) is 4.19. The van der Waals surface area contributed by atoms with Crippen LogP contribution < -0.4 is 0 Å². The van der Waals surface area contributed by atoms with Crippen LogP contribution in [0.4, 0.5) is 0 Å². The van der Waals surface area contributed by atoms with Gasteiger partial charge < -0.3 is 5.11 Å². The highest BCUT2D eigenvalue weighted by Crippen LogP contribution is 2.30. The third-order valence-corrected chi connectivity index (χ3v) is 3.04. The van der Waals surface area contributed by atoms with E-state index in [4.69, 9.17) is 0 Å². The number of phenols is 1. The number of benzene rings is 1. The lowest BCUT2D eigenvalue weighted by Crippen LogP contribution is -2.00. The van der Waals surface area contributed by atoms with Crippen molar-refractivity contribution in [1.29, 1.82) is 0 Å². The van der Waals surface area contributed by atoms with Gasteiger partial charge in [0.25, 0.3) is 0 Å². The molecule has 0 saturated heterocycles. The molecule has 1 rings (SSSR count). The summed E-state index contributed by atoms with van der Waals surface area (Å²) in [6, 6.07) is 6.10. The first-order valence-electron chi connectivity index (χ1n) is 5.87. The second-order valence-electron chi connectivity index (χ2n) is 4.73. The van der Waals surface area contributed by atoms with Crippen LogP contribution in [0.15, 0.2) is 18.2 Å². The van der Waals surface area contributed by atoms with Crippen LogP contribution >= 0.6 is 0 Å². The van der Waals surface area contributed by atoms with E-state index in [0.717, 1.165) is 24.0 Å². The van der Waals surface area contributed by atoms with Crippen LogP contribution in [0.5, 0.6) is 5.75 Å². The van der Waals surface area contributed by atoms with Gasteiger partial charge in [-0.1, -0.05) is 52.3 Å². The average Bonchev–Trinajstić information content (AvgIpc) is 2.20. The lowest BCUT2D eigenvalue weighted by atomic mass is 9.93. The molecule has 0 aliphatic rings. The summed E-state index contributed by atoms with van der Waals surface area (Å²) in [5.74, 6) is 1.54. The largest absolute Gasteiger partial charge is 0.507 e. The highest BCUT2D eigenvalue weighted by Gasteiger charge is 2.11. The first kappa shape index (κ1) is 12.1. The Bertz CT molecular complexity index is 315. The maximum Gasteiger partial charge on any atom is 0.122 e. The summed E-state index contributed by atoms with van der Waals surface area (Å²) in [6.45, 7) is 8.64. The van der Waals surface area contributed by atoms with Crippen molar-refractivity contribution in [2.24, 2.45) is 5.92 Å². The Morgan fingerprint density at radius 2 is 1.87 bits per heavy atom. The smallest absolute Gasteiger partial charge is 0.122 e. The van der Waals surface area contributed by atoms with E-state index in [2.05, 4.69) is 27.7 Å². The minimum atomic E-state index is 0.391. The summed E-state index contributed by atoms with van der Waals surface area (Å²) in [4.78, 5) is 0. The zero-order valence-corrected chi connectivity index (χ0v) is 10.2. The monoisotopic (exact) mass is 206 g/mol. The Morgan fingerprint density at radius 1 is 1.20 bits per heavy atom. The Balaban J connectivity index is 2.94. The van der Waals surface area contributed by atoms with Crippen LogP contribution in [-0.2, 0) is 6.42 Å². The van der Waals surface area contributed by atoms with E-state index in [9.17, 15) is 5.11 Å². The van der Waals surface area contributed by atoms with Gasteiger partial charge in [-0.15, -0.1) is 0 Å². The Hall–Kier alpha value is -0.980. The van der Waals surface area contributed by atoms with E-state index < -0.39 is 0 Å². The third-order valence-electron chi connectivity index (χ3n) is 3.04. The van der Waals surface area contributed by atoms with Crippen LogP contribution in [0.1, 0.15) is 51.2 Å². The highest BCUT2D eigenvalue weighted by molar-refractivity contribution is 5.42. The standard InChI is InChI=1S/C14H22O/c1-5-11(4)9-12-7-6-8-13(10(2)3)14(12)15/h6-8,10-11,15H,5,9H2,1-4H3. The normalized spacial score (nSPS) is 13.1. The summed E-state index contributed by atoms with van der Waals surface area (Å²) in [5.41, 5.74) is 2.16. The van der Waals surface area contributed by atoms with E-state index in [0.29, 0.717) is 17.6 Å². The number of phenolic OH excluding ortho intramolecular Hbond substituents is 1. The van der Waals surface area contributed by atoms with Crippen LogP contribution in [0.2, 0.25) is 0 Å². The second kappa shape index (κ2) is 5.20. The van der Waals surface area contributed by atoms with Gasteiger partial charge in [0.05, 0.1) is 0 Å². The molecule has 1 nitrogen and oxygen atoms in total. The first-order chi connectivity index (χ1) is 7.06. The van der Waals surface area contributed by atoms with Crippen LogP contribution in [0, 0.1) is 5.92 Å². The molecular weight excluding hydrogens is 184 g/mol. The minimum absolute atomic E-state index is 0.391. The van der Waals surface area contributed by atoms with E-state index in [1.807, 2.05) is 18.2 Å². The quantitative estimate of drug-likeness (QED) is 0.786. The predicted molar refractivity (Wildman–Crippen MR) is 65.4 cm³/mol. The molecule has 1 unspecified atom stereocenters. The number of rotatable bonds is 4. The van der Waals surface area contributed by atoms with Gasteiger partial charge in [0.15, 0.2) is 0 Å². The molecule has 1 atom stereocenters. The fraction of sp³-hybridized carbons (Fsp3) is 0.571. The molecule has 0 spiro atoms. The summed E-state index contributed by atoms with van der Waals surface area (Å²) in [6.07, 6.45) is 2.13. The average molecular weight is 206 g/mol. The van der Waals surface area contributed by atoms with Crippen LogP contribution in [0.25, 0.3) is 0 Å². The van der Waals surface area contributed by atoms with E-state index >= 15 is 0 Å². The topological polar surface area (TPSA) is 20.2 Å². The molecule has 0 amide bonds. The van der Waals surface area contributed by atoms with Crippen molar-refractivity contribution >= 4 is 0 Å². The molecular formula is C14H22O. The lowest BCUT2D eigenvalue weighted by molar-refractivity contribution is 0.448. The molecule has 0 aliphatic heterocycles. The maximum atomic E-state index is 10.1. The molecule has 1 N–H and O–H groups in total. The van der Waals surface area contributed by atoms with Gasteiger partial charge >= 0.3 is 0 Å². The molecule has 1 aromatic carbocycles. The molecule has 0 aliphatic carbocycles. The molecule has 15 heavy (non-hydrogen) atoms. The maximum absolute atomic E-state index is 10.1. The molecule has 1 heteroatoms. The van der Waals surface area contributed by atoms with Crippen molar-refractivity contribution in [3.63, 3.8) is 0 Å². The van der Waals surface area contributed by atoms with Gasteiger partial charge in [0, 0.05) is 0 Å². The van der Waals surface area contributed by atoms with Gasteiger partial charge in [0.2, 0.25) is 0 Å². The summed E-state index contributed by atoms with van der Waals surface area (Å²) in [7, 11) is 0. The van der Waals surface area contributed by atoms with Gasteiger partial charge in [0.1, 0.15) is 5.75 Å². The van der Waals surface area contributed by atoms with Gasteiger partial charge in [-0.05, 0) is 29.4 Å². The van der Waals surface area contributed by atoms with Crippen molar-refractivity contribution in [3.05, 3.63) is 29.3 Å². The fourth-order valence-electron chi connectivity index (χ4n) is 1.76. The minimum Gasteiger partial charge on any atom is -0.507 e. The first-order valence-corrected chi connectivity index (χ1v) is 5.87. The van der Waals surface area contributed by atoms with Crippen molar-refractivity contribution in [3.8, 4) is 5.75 Å². The van der Waals surface area contributed by atoms with E-state index in [-0.39, 0.29) is 0 Å². The lowest BCUT2D eigenvalue weighted by Gasteiger charge is -2.14. The fourth-order valence-corrected chi connectivity index (χ4v) is 1.76. The van der Waals surface area contributed by atoms with Crippen LogP contribution in [0.3, 0.4) is 0 Å². The van der Waals surface area contributed by atoms with Crippen molar-refractivity contribution < 1.29 is 5.11 Å². The molecule has 0 saturated carbocycles. The Morgan fingerprint density at radius 3 is 2.40 bits per heavy atom. The summed E-state index contributed by atoms with van der Waals surface area (Å²) >= 11 is 0. The number of hydrogen-bond donors (Lipinski definition) is 1. The summed E-state index contributed by atoms with van der Waals surface area (Å²) in [5, 5.41) is 10.1. The number of hydrogen-bond acceptors (Lipinski definition) is 1. The predicted octanol–water partition coefficient (Wildman–Crippen LogP) is 4.10. The van der Waals surface area contributed by atoms with Crippen molar-refractivity contribution in [2.45, 2.75) is 46.5 Å². The molecule has 0 heterocycles. The van der Waals surface area contributed by atoms with Gasteiger partial charge in [-0.3, -0.25) is 0 Å². The zero-order chi connectivity index (χ0) is 11.4. The molecule has 84 valence electrons. The van der Waals surface area contributed by atoms with Crippen molar-refractivity contribution in [1.82, 2.24) is 0 Å². The SMILES string of the molecule is CCC(C)Cc1cccc(C(C)C)c1O. The van der Waals surface area contributed by atoms with E-state index in [1.54, 1.807) is 0 Å². The zero-order valence-electron chi connectivity index (χ0n) is 10.2. The molecule has 1 aromatic rings. The molecule has 0 radical (unpaired) electrons. The highest BCUT2D eigenvalue weighted by atomic mass is 16.3. The third kappa shape index (κ3) is 2.98. The molecule has 0 aromatic heterocycles. The molecule has 0 fully saturated rings.